The van der Waals surface area contributed by atoms with Crippen molar-refractivity contribution < 1.29 is 14.3 Å². The van der Waals surface area contributed by atoms with Crippen LogP contribution in [-0.2, 0) is 4.79 Å². The Bertz CT molecular complexity index is 414. The molecule has 6 heteroatoms. The van der Waals surface area contributed by atoms with Crippen LogP contribution in [0.3, 0.4) is 0 Å². The monoisotopic (exact) mass is 309 g/mol. The summed E-state index contributed by atoms with van der Waals surface area (Å²) < 4.78 is 13.7. The van der Waals surface area contributed by atoms with Gasteiger partial charge in [-0.1, -0.05) is 17.7 Å². The number of hydrogen-bond donors (Lipinski definition) is 2. The molecule has 0 amide bonds. The molecule has 1 rings (SSSR count). The Hall–Kier alpha value is -0.650. The maximum Gasteiger partial charge on any atom is 0.303 e. The van der Waals surface area contributed by atoms with Crippen molar-refractivity contribution in [1.29, 1.82) is 0 Å². The van der Waals surface area contributed by atoms with Crippen molar-refractivity contribution in [3.05, 3.63) is 33.0 Å². The highest BCUT2D eigenvalue weighted by Crippen LogP contribution is 2.31. The average molecular weight is 311 g/mol. The molecule has 0 bridgehead atoms. The minimum absolute atomic E-state index is 0.0627. The molecule has 1 atom stereocenters. The molecule has 0 radical (unpaired) electrons. The van der Waals surface area contributed by atoms with E-state index in [0.717, 1.165) is 0 Å². The van der Waals surface area contributed by atoms with Crippen LogP contribution in [0.15, 0.2) is 16.6 Å². The van der Waals surface area contributed by atoms with E-state index in [1.54, 1.807) is 6.07 Å². The summed E-state index contributed by atoms with van der Waals surface area (Å²) in [6.07, 6.45) is 0.144. The number of rotatable bonds is 4. The lowest BCUT2D eigenvalue weighted by Gasteiger charge is -2.13. The maximum atomic E-state index is 13.4. The topological polar surface area (TPSA) is 63.3 Å². The van der Waals surface area contributed by atoms with E-state index in [2.05, 4.69) is 15.9 Å². The molecule has 1 aromatic rings. The molecule has 0 spiro atoms. The van der Waals surface area contributed by atoms with Crippen molar-refractivity contribution in [2.45, 2.75) is 18.9 Å². The number of carboxylic acid groups (broad SMARTS) is 1. The maximum absolute atomic E-state index is 13.4. The van der Waals surface area contributed by atoms with Crippen molar-refractivity contribution in [3.63, 3.8) is 0 Å². The van der Waals surface area contributed by atoms with Gasteiger partial charge in [0.05, 0.1) is 9.50 Å². The molecule has 0 aliphatic rings. The first-order valence-corrected chi connectivity index (χ1v) is 5.71. The average Bonchev–Trinajstić information content (AvgIpc) is 2.23. The Labute approximate surface area is 106 Å². The van der Waals surface area contributed by atoms with E-state index in [1.807, 2.05) is 0 Å². The lowest BCUT2D eigenvalue weighted by molar-refractivity contribution is -0.137. The van der Waals surface area contributed by atoms with Gasteiger partial charge in [0.15, 0.2) is 5.82 Å². The molecular weight excluding hydrogens is 300 g/mol. The first-order chi connectivity index (χ1) is 7.43. The number of halogens is 3. The lowest BCUT2D eigenvalue weighted by Crippen LogP contribution is -2.13. The van der Waals surface area contributed by atoms with Gasteiger partial charge in [0.25, 0.3) is 0 Å². The molecular formula is C10H10BrClFNO2. The molecule has 0 heterocycles. The zero-order chi connectivity index (χ0) is 12.3. The second-order valence-corrected chi connectivity index (χ2v) is 4.54. The normalized spacial score (nSPS) is 12.5. The zero-order valence-electron chi connectivity index (χ0n) is 8.21. The van der Waals surface area contributed by atoms with Gasteiger partial charge in [-0.25, -0.2) is 4.39 Å². The standard InChI is InChI=1S/C10H10BrClFNO2/c11-6-2-1-5(9(12)10(6)13)7(14)3-4-8(15)16/h1-2,7H,3-4,14H2,(H,15,16). The first kappa shape index (κ1) is 13.4. The van der Waals surface area contributed by atoms with Crippen molar-refractivity contribution >= 4 is 33.5 Å². The molecule has 0 fully saturated rings. The summed E-state index contributed by atoms with van der Waals surface area (Å²) in [6, 6.07) is 2.50. The van der Waals surface area contributed by atoms with Crippen molar-refractivity contribution in [2.75, 3.05) is 0 Å². The van der Waals surface area contributed by atoms with E-state index in [1.165, 1.54) is 6.07 Å². The van der Waals surface area contributed by atoms with Crippen LogP contribution in [0, 0.1) is 5.82 Å². The van der Waals surface area contributed by atoms with E-state index < -0.39 is 17.8 Å². The van der Waals surface area contributed by atoms with Gasteiger partial charge >= 0.3 is 5.97 Å². The SMILES string of the molecule is NC(CCC(=O)O)c1ccc(Br)c(F)c1Cl. The number of aliphatic carboxylic acids is 1. The summed E-state index contributed by atoms with van der Waals surface area (Å²) in [5, 5.41) is 8.44. The summed E-state index contributed by atoms with van der Waals surface area (Å²) in [4.78, 5) is 10.4. The fourth-order valence-electron chi connectivity index (χ4n) is 1.26. The quantitative estimate of drug-likeness (QED) is 0.840. The highest BCUT2D eigenvalue weighted by molar-refractivity contribution is 9.10. The highest BCUT2D eigenvalue weighted by Gasteiger charge is 2.16. The predicted octanol–water partition coefficient (Wildman–Crippen LogP) is 3.11. The molecule has 0 aliphatic heterocycles. The molecule has 1 aromatic carbocycles. The van der Waals surface area contributed by atoms with Gasteiger partial charge in [0.2, 0.25) is 0 Å². The van der Waals surface area contributed by atoms with Crippen LogP contribution in [0.25, 0.3) is 0 Å². The van der Waals surface area contributed by atoms with Gasteiger partial charge < -0.3 is 10.8 Å². The molecule has 16 heavy (non-hydrogen) atoms. The van der Waals surface area contributed by atoms with Crippen LogP contribution < -0.4 is 5.73 Å². The van der Waals surface area contributed by atoms with Crippen molar-refractivity contribution in [3.8, 4) is 0 Å². The smallest absolute Gasteiger partial charge is 0.303 e. The van der Waals surface area contributed by atoms with Crippen LogP contribution in [0.2, 0.25) is 5.02 Å². The van der Waals surface area contributed by atoms with Crippen LogP contribution in [-0.4, -0.2) is 11.1 Å². The van der Waals surface area contributed by atoms with Gasteiger partial charge in [0, 0.05) is 12.5 Å². The summed E-state index contributed by atoms with van der Waals surface area (Å²) in [5.74, 6) is -1.52. The Kier molecular flexibility index (Phi) is 4.70. The van der Waals surface area contributed by atoms with Crippen LogP contribution >= 0.6 is 27.5 Å². The van der Waals surface area contributed by atoms with Crippen molar-refractivity contribution in [1.82, 2.24) is 0 Å². The van der Waals surface area contributed by atoms with E-state index in [-0.39, 0.29) is 22.3 Å². The number of nitrogens with two attached hydrogens (primary N) is 1. The number of benzene rings is 1. The third-order valence-electron chi connectivity index (χ3n) is 2.13. The minimum atomic E-state index is -0.941. The highest BCUT2D eigenvalue weighted by atomic mass is 79.9. The van der Waals surface area contributed by atoms with Gasteiger partial charge in [-0.05, 0) is 34.0 Å². The summed E-state index contributed by atoms with van der Waals surface area (Å²) in [7, 11) is 0. The first-order valence-electron chi connectivity index (χ1n) is 4.54. The molecule has 3 N–H and O–H groups in total. The number of carboxylic acids is 1. The summed E-state index contributed by atoms with van der Waals surface area (Å²) >= 11 is 8.77. The van der Waals surface area contributed by atoms with E-state index in [9.17, 15) is 9.18 Å². The third-order valence-corrected chi connectivity index (χ3v) is 3.13. The molecule has 88 valence electrons. The Morgan fingerprint density at radius 1 is 1.62 bits per heavy atom. The molecule has 0 saturated heterocycles. The van der Waals surface area contributed by atoms with Gasteiger partial charge in [-0.15, -0.1) is 0 Å². The molecule has 0 saturated carbocycles. The molecule has 0 aromatic heterocycles. The number of hydrogen-bond acceptors (Lipinski definition) is 2. The van der Waals surface area contributed by atoms with Gasteiger partial charge in [0.1, 0.15) is 0 Å². The number of carbonyl (C=O) groups is 1. The van der Waals surface area contributed by atoms with E-state index >= 15 is 0 Å². The second-order valence-electron chi connectivity index (χ2n) is 3.30. The molecule has 0 aliphatic carbocycles. The van der Waals surface area contributed by atoms with Gasteiger partial charge in [-0.2, -0.15) is 0 Å². The van der Waals surface area contributed by atoms with E-state index in [4.69, 9.17) is 22.4 Å². The molecule has 3 nitrogen and oxygen atoms in total. The van der Waals surface area contributed by atoms with Crippen LogP contribution in [0.4, 0.5) is 4.39 Å². The Balaban J connectivity index is 2.87. The predicted molar refractivity (Wildman–Crippen MR) is 62.9 cm³/mol. The zero-order valence-corrected chi connectivity index (χ0v) is 10.6. The lowest BCUT2D eigenvalue weighted by atomic mass is 10.0. The second kappa shape index (κ2) is 5.61. The van der Waals surface area contributed by atoms with Crippen LogP contribution in [0.5, 0.6) is 0 Å². The third kappa shape index (κ3) is 3.17. The Morgan fingerprint density at radius 2 is 2.25 bits per heavy atom. The van der Waals surface area contributed by atoms with Crippen molar-refractivity contribution in [2.24, 2.45) is 5.73 Å². The largest absolute Gasteiger partial charge is 0.481 e. The fourth-order valence-corrected chi connectivity index (χ4v) is 2.01. The summed E-state index contributed by atoms with van der Waals surface area (Å²) in [5.41, 5.74) is 6.15. The summed E-state index contributed by atoms with van der Waals surface area (Å²) in [6.45, 7) is 0. The van der Waals surface area contributed by atoms with Crippen LogP contribution in [0.1, 0.15) is 24.4 Å². The minimum Gasteiger partial charge on any atom is -0.481 e. The van der Waals surface area contributed by atoms with E-state index in [0.29, 0.717) is 5.56 Å². The Morgan fingerprint density at radius 3 is 2.81 bits per heavy atom. The molecule has 1 unspecified atom stereocenters. The van der Waals surface area contributed by atoms with Gasteiger partial charge in [-0.3, -0.25) is 4.79 Å². The fraction of sp³-hybridized carbons (Fsp3) is 0.300.